The third-order valence-corrected chi connectivity index (χ3v) is 6.19. The molecule has 5 nitrogen and oxygen atoms in total. The number of halogens is 3. The average molecular weight is 433 g/mol. The van der Waals surface area contributed by atoms with Gasteiger partial charge in [0.05, 0.1) is 23.8 Å². The predicted octanol–water partition coefficient (Wildman–Crippen LogP) is 2.96. The van der Waals surface area contributed by atoms with E-state index in [-0.39, 0.29) is 36.0 Å². The third-order valence-electron chi connectivity index (χ3n) is 5.09. The summed E-state index contributed by atoms with van der Waals surface area (Å²) in [4.78, 5) is 29.6. The molecule has 0 spiro atoms. The summed E-state index contributed by atoms with van der Waals surface area (Å²) in [5, 5.41) is 3.32. The zero-order valence-corrected chi connectivity index (χ0v) is 16.7. The van der Waals surface area contributed by atoms with Crippen molar-refractivity contribution in [3.8, 4) is 11.8 Å². The molecule has 1 aliphatic heterocycles. The Bertz CT molecular complexity index is 1120. The molecule has 0 fully saturated rings. The van der Waals surface area contributed by atoms with E-state index in [4.69, 9.17) is 0 Å². The lowest BCUT2D eigenvalue weighted by Gasteiger charge is -2.13. The van der Waals surface area contributed by atoms with Crippen molar-refractivity contribution in [2.75, 3.05) is 12.3 Å². The molecule has 2 heterocycles. The number of hydrogen-bond acceptors (Lipinski definition) is 4. The van der Waals surface area contributed by atoms with Crippen LogP contribution >= 0.6 is 11.8 Å². The number of rotatable bonds is 3. The number of nitrogens with zero attached hydrogens (tertiary/aromatic N) is 2. The molecule has 9 heteroatoms. The molecular formula is C21H18F3N3O2S. The number of alkyl halides is 3. The molecule has 156 valence electrons. The van der Waals surface area contributed by atoms with E-state index in [1.165, 1.54) is 23.9 Å². The van der Waals surface area contributed by atoms with Crippen molar-refractivity contribution in [2.24, 2.45) is 0 Å². The Labute approximate surface area is 175 Å². The molecule has 1 aromatic heterocycles. The Hall–Kier alpha value is -2.73. The van der Waals surface area contributed by atoms with Crippen molar-refractivity contribution in [2.45, 2.75) is 43.1 Å². The summed E-state index contributed by atoms with van der Waals surface area (Å²) < 4.78 is 39.8. The molecule has 30 heavy (non-hydrogen) atoms. The summed E-state index contributed by atoms with van der Waals surface area (Å²) in [6, 6.07) is 4.47. The number of carbonyl (C=O) groups excluding carboxylic acids is 1. The van der Waals surface area contributed by atoms with Gasteiger partial charge in [0.25, 0.3) is 5.56 Å². The van der Waals surface area contributed by atoms with Gasteiger partial charge in [-0.05, 0) is 37.5 Å². The number of fused-ring (bicyclic) bond motifs is 2. The van der Waals surface area contributed by atoms with Crippen LogP contribution in [0.15, 0.2) is 34.2 Å². The molecule has 1 aliphatic carbocycles. The first-order chi connectivity index (χ1) is 14.3. The van der Waals surface area contributed by atoms with Gasteiger partial charge in [0.2, 0.25) is 5.91 Å². The second-order valence-electron chi connectivity index (χ2n) is 7.17. The van der Waals surface area contributed by atoms with Crippen LogP contribution in [0.4, 0.5) is 13.2 Å². The summed E-state index contributed by atoms with van der Waals surface area (Å²) in [7, 11) is 0. The molecule has 0 radical (unpaired) electrons. The normalized spacial score (nSPS) is 17.1. The standard InChI is InChI=1S/C21H18F3N3O2S/c22-21(23,24)14-6-1-4-13(10-14)5-3-9-25-18(28)11-15-12-30-20-26-17-8-2-7-16(17)19(29)27(15)20/h1,4,6,10,15H,2,7-9,11-12H2,(H,25,28). The van der Waals surface area contributed by atoms with Crippen molar-refractivity contribution in [1.82, 2.24) is 14.9 Å². The van der Waals surface area contributed by atoms with Crippen LogP contribution < -0.4 is 10.9 Å². The highest BCUT2D eigenvalue weighted by Crippen LogP contribution is 2.34. The molecule has 0 bridgehead atoms. The van der Waals surface area contributed by atoms with Gasteiger partial charge in [-0.2, -0.15) is 13.2 Å². The SMILES string of the molecule is O=C(CC1CSc2nc3c(c(=O)n21)CCC3)NCC#Cc1cccc(C(F)(F)F)c1. The Balaban J connectivity index is 1.36. The lowest BCUT2D eigenvalue weighted by molar-refractivity contribution is -0.137. The number of hydrogen-bond donors (Lipinski definition) is 1. The number of amides is 1. The molecule has 4 rings (SSSR count). The van der Waals surface area contributed by atoms with E-state index in [0.29, 0.717) is 10.9 Å². The van der Waals surface area contributed by atoms with Crippen LogP contribution in [0.3, 0.4) is 0 Å². The van der Waals surface area contributed by atoms with Gasteiger partial charge in [-0.25, -0.2) is 4.98 Å². The van der Waals surface area contributed by atoms with E-state index < -0.39 is 11.7 Å². The minimum Gasteiger partial charge on any atom is -0.345 e. The Morgan fingerprint density at radius 3 is 2.97 bits per heavy atom. The summed E-state index contributed by atoms with van der Waals surface area (Å²) in [6.45, 7) is 0.0130. The second kappa shape index (κ2) is 8.19. The van der Waals surface area contributed by atoms with E-state index in [1.54, 1.807) is 4.57 Å². The minimum atomic E-state index is -4.42. The van der Waals surface area contributed by atoms with E-state index in [0.717, 1.165) is 42.7 Å². The second-order valence-corrected chi connectivity index (χ2v) is 8.16. The van der Waals surface area contributed by atoms with E-state index in [1.807, 2.05) is 0 Å². The summed E-state index contributed by atoms with van der Waals surface area (Å²) in [5.41, 5.74) is 1.07. The van der Waals surface area contributed by atoms with Gasteiger partial charge in [0, 0.05) is 23.3 Å². The van der Waals surface area contributed by atoms with Crippen molar-refractivity contribution in [1.29, 1.82) is 0 Å². The highest BCUT2D eigenvalue weighted by molar-refractivity contribution is 7.99. The minimum absolute atomic E-state index is 0.0130. The number of thioether (sulfide) groups is 1. The monoisotopic (exact) mass is 433 g/mol. The van der Waals surface area contributed by atoms with Crippen molar-refractivity contribution in [3.05, 3.63) is 57.0 Å². The topological polar surface area (TPSA) is 64.0 Å². The van der Waals surface area contributed by atoms with Gasteiger partial charge in [0.1, 0.15) is 0 Å². The Morgan fingerprint density at radius 2 is 2.17 bits per heavy atom. The molecule has 0 saturated heterocycles. The number of aryl methyl sites for hydroxylation is 1. The maximum absolute atomic E-state index is 12.7. The van der Waals surface area contributed by atoms with E-state index in [9.17, 15) is 22.8 Å². The smallest absolute Gasteiger partial charge is 0.345 e. The molecule has 0 saturated carbocycles. The van der Waals surface area contributed by atoms with E-state index >= 15 is 0 Å². The van der Waals surface area contributed by atoms with Gasteiger partial charge in [-0.3, -0.25) is 14.2 Å². The first-order valence-electron chi connectivity index (χ1n) is 9.53. The fourth-order valence-electron chi connectivity index (χ4n) is 3.65. The average Bonchev–Trinajstić information content (AvgIpc) is 3.33. The third kappa shape index (κ3) is 4.24. The molecule has 1 unspecified atom stereocenters. The quantitative estimate of drug-likeness (QED) is 0.597. The van der Waals surface area contributed by atoms with Gasteiger partial charge in [-0.15, -0.1) is 0 Å². The van der Waals surface area contributed by atoms with E-state index in [2.05, 4.69) is 22.1 Å². The predicted molar refractivity (Wildman–Crippen MR) is 106 cm³/mol. The van der Waals surface area contributed by atoms with Crippen molar-refractivity contribution in [3.63, 3.8) is 0 Å². The van der Waals surface area contributed by atoms with Crippen LogP contribution in [0.5, 0.6) is 0 Å². The van der Waals surface area contributed by atoms with Gasteiger partial charge in [0.15, 0.2) is 5.16 Å². The first-order valence-corrected chi connectivity index (χ1v) is 10.5. The maximum atomic E-state index is 12.7. The Kier molecular flexibility index (Phi) is 5.60. The fraction of sp³-hybridized carbons (Fsp3) is 0.381. The lowest BCUT2D eigenvalue weighted by atomic mass is 10.1. The number of benzene rings is 1. The molecule has 2 aromatic rings. The van der Waals surface area contributed by atoms with Crippen LogP contribution in [-0.4, -0.2) is 27.8 Å². The van der Waals surface area contributed by atoms with Gasteiger partial charge in [-0.1, -0.05) is 29.7 Å². The van der Waals surface area contributed by atoms with Crippen molar-refractivity contribution >= 4 is 17.7 Å². The number of aromatic nitrogens is 2. The number of nitrogens with one attached hydrogen (secondary N) is 1. The zero-order valence-electron chi connectivity index (χ0n) is 15.9. The maximum Gasteiger partial charge on any atom is 0.416 e. The molecule has 1 atom stereocenters. The number of carbonyl (C=O) groups is 1. The summed E-state index contributed by atoms with van der Waals surface area (Å²) in [5.74, 6) is 5.63. The lowest BCUT2D eigenvalue weighted by Crippen LogP contribution is -2.32. The fourth-order valence-corrected chi connectivity index (χ4v) is 4.81. The van der Waals surface area contributed by atoms with Crippen LogP contribution in [-0.2, 0) is 23.8 Å². The summed E-state index contributed by atoms with van der Waals surface area (Å²) in [6.07, 6.45) is -1.80. The molecule has 1 amide bonds. The van der Waals surface area contributed by atoms with Crippen molar-refractivity contribution < 1.29 is 18.0 Å². The largest absolute Gasteiger partial charge is 0.416 e. The van der Waals surface area contributed by atoms with Gasteiger partial charge < -0.3 is 5.32 Å². The highest BCUT2D eigenvalue weighted by Gasteiger charge is 2.31. The van der Waals surface area contributed by atoms with Crippen LogP contribution in [0.25, 0.3) is 0 Å². The molecular weight excluding hydrogens is 415 g/mol. The summed E-state index contributed by atoms with van der Waals surface area (Å²) >= 11 is 1.48. The molecule has 2 aliphatic rings. The molecule has 1 aromatic carbocycles. The zero-order chi connectivity index (χ0) is 21.3. The highest BCUT2D eigenvalue weighted by atomic mass is 32.2. The molecule has 1 N–H and O–H groups in total. The van der Waals surface area contributed by atoms with Crippen LogP contribution in [0.1, 0.15) is 41.3 Å². The van der Waals surface area contributed by atoms with Crippen LogP contribution in [0, 0.1) is 11.8 Å². The van der Waals surface area contributed by atoms with Gasteiger partial charge >= 0.3 is 6.18 Å². The van der Waals surface area contributed by atoms with Crippen LogP contribution in [0.2, 0.25) is 0 Å². The Morgan fingerprint density at radius 1 is 1.33 bits per heavy atom. The first kappa shape index (κ1) is 20.5.